The molecule has 3 rings (SSSR count). The van der Waals surface area contributed by atoms with Crippen molar-refractivity contribution >= 4 is 17.0 Å². The summed E-state index contributed by atoms with van der Waals surface area (Å²) in [6, 6.07) is 5.66. The van der Waals surface area contributed by atoms with Crippen molar-refractivity contribution in [1.82, 2.24) is 14.6 Å². The number of hydrogen-bond acceptors (Lipinski definition) is 4. The van der Waals surface area contributed by atoms with Gasteiger partial charge in [0.2, 0.25) is 0 Å². The highest BCUT2D eigenvalue weighted by molar-refractivity contribution is 5.74. The smallest absolute Gasteiger partial charge is 0.177 e. The van der Waals surface area contributed by atoms with Crippen molar-refractivity contribution in [1.29, 1.82) is 0 Å². The molecule has 2 N–H and O–H groups in total. The Hall–Kier alpha value is -2.63. The molecule has 98 valence electrons. The summed E-state index contributed by atoms with van der Waals surface area (Å²) < 4.78 is 12.3. The first-order valence-electron chi connectivity index (χ1n) is 5.81. The fourth-order valence-corrected chi connectivity index (χ4v) is 1.97. The van der Waals surface area contributed by atoms with E-state index in [2.05, 4.69) is 15.4 Å². The molecule has 3 aromatic rings. The molecule has 0 bridgehead atoms. The van der Waals surface area contributed by atoms with Crippen LogP contribution in [0.4, 0.5) is 11.4 Å². The molecule has 1 aromatic carbocycles. The number of anilines is 2. The van der Waals surface area contributed by atoms with Gasteiger partial charge in [-0.3, -0.25) is 5.10 Å². The maximum Gasteiger partial charge on any atom is 0.177 e. The van der Waals surface area contributed by atoms with Crippen molar-refractivity contribution in [2.45, 2.75) is 0 Å². The molecule has 0 spiro atoms. The summed E-state index contributed by atoms with van der Waals surface area (Å²) in [5.41, 5.74) is 2.65. The zero-order valence-electron chi connectivity index (χ0n) is 10.7. The van der Waals surface area contributed by atoms with Crippen LogP contribution in [0, 0.1) is 0 Å². The number of imidazole rings is 1. The molecule has 0 radical (unpaired) electrons. The highest BCUT2D eigenvalue weighted by Crippen LogP contribution is 2.31. The minimum absolute atomic E-state index is 0.683. The Morgan fingerprint density at radius 1 is 1.21 bits per heavy atom. The normalized spacial score (nSPS) is 10.6. The molecule has 0 amide bonds. The quantitative estimate of drug-likeness (QED) is 0.754. The van der Waals surface area contributed by atoms with Gasteiger partial charge in [0, 0.05) is 30.3 Å². The van der Waals surface area contributed by atoms with Gasteiger partial charge in [0.05, 0.1) is 14.2 Å². The molecular weight excluding hydrogens is 244 g/mol. The Labute approximate surface area is 110 Å². The minimum Gasteiger partial charge on any atom is -0.493 e. The Bertz CT molecular complexity index is 702. The van der Waals surface area contributed by atoms with E-state index in [-0.39, 0.29) is 0 Å². The molecule has 0 unspecified atom stereocenters. The molecule has 0 aliphatic rings. The average Bonchev–Trinajstić information content (AvgIpc) is 3.03. The molecule has 0 saturated heterocycles. The average molecular weight is 258 g/mol. The molecule has 2 aromatic heterocycles. The largest absolute Gasteiger partial charge is 0.493 e. The molecule has 19 heavy (non-hydrogen) atoms. The predicted octanol–water partition coefficient (Wildman–Crippen LogP) is 2.42. The van der Waals surface area contributed by atoms with Crippen LogP contribution in [0.3, 0.4) is 0 Å². The second-order valence-electron chi connectivity index (χ2n) is 4.00. The van der Waals surface area contributed by atoms with Gasteiger partial charge in [-0.15, -0.1) is 0 Å². The van der Waals surface area contributed by atoms with E-state index in [9.17, 15) is 0 Å². The van der Waals surface area contributed by atoms with Gasteiger partial charge in [0.1, 0.15) is 5.69 Å². The van der Waals surface area contributed by atoms with E-state index in [0.717, 1.165) is 17.0 Å². The third-order valence-corrected chi connectivity index (χ3v) is 2.89. The van der Waals surface area contributed by atoms with Gasteiger partial charge in [-0.2, -0.15) is 0 Å². The molecule has 0 aliphatic heterocycles. The number of aromatic amines is 1. The minimum atomic E-state index is 0.683. The summed E-state index contributed by atoms with van der Waals surface area (Å²) in [6.07, 6.45) is 5.46. The number of benzene rings is 1. The number of fused-ring (bicyclic) bond motifs is 1. The van der Waals surface area contributed by atoms with E-state index in [1.165, 1.54) is 0 Å². The lowest BCUT2D eigenvalue weighted by atomic mass is 10.2. The van der Waals surface area contributed by atoms with E-state index in [0.29, 0.717) is 11.5 Å². The Balaban J connectivity index is 1.93. The van der Waals surface area contributed by atoms with Crippen LogP contribution in [0.2, 0.25) is 0 Å². The van der Waals surface area contributed by atoms with Gasteiger partial charge in [-0.05, 0) is 12.1 Å². The van der Waals surface area contributed by atoms with Crippen LogP contribution in [0.15, 0.2) is 36.8 Å². The number of rotatable bonds is 4. The van der Waals surface area contributed by atoms with Gasteiger partial charge in [0.25, 0.3) is 0 Å². The summed E-state index contributed by atoms with van der Waals surface area (Å²) in [4.78, 5) is 4.26. The van der Waals surface area contributed by atoms with Crippen LogP contribution in [-0.4, -0.2) is 28.8 Å². The summed E-state index contributed by atoms with van der Waals surface area (Å²) in [5, 5.41) is 6.36. The second-order valence-corrected chi connectivity index (χ2v) is 4.00. The molecule has 0 saturated carbocycles. The lowest BCUT2D eigenvalue weighted by molar-refractivity contribution is 0.355. The molecule has 2 heterocycles. The van der Waals surface area contributed by atoms with Crippen molar-refractivity contribution in [2.24, 2.45) is 0 Å². The Morgan fingerprint density at radius 3 is 2.84 bits per heavy atom. The number of ether oxygens (including phenoxy) is 2. The third kappa shape index (κ3) is 1.97. The number of nitrogens with one attached hydrogen (secondary N) is 2. The summed E-state index contributed by atoms with van der Waals surface area (Å²) in [5.74, 6) is 1.38. The van der Waals surface area contributed by atoms with Crippen LogP contribution >= 0.6 is 0 Å². The fraction of sp³-hybridized carbons (Fsp3) is 0.154. The summed E-state index contributed by atoms with van der Waals surface area (Å²) in [6.45, 7) is 0. The standard InChI is InChI=1S/C13H14N4O2/c1-18-11-4-3-9(7-12(11)19-2)16-10-8-15-17-6-5-14-13(10)17/h3-8,15-16H,1-2H3. The molecule has 6 heteroatoms. The van der Waals surface area contributed by atoms with Crippen molar-refractivity contribution in [3.63, 3.8) is 0 Å². The SMILES string of the molecule is COc1ccc(Nc2c[nH]n3ccnc23)cc1OC. The first-order valence-corrected chi connectivity index (χ1v) is 5.81. The maximum atomic E-state index is 5.27. The number of aromatic nitrogens is 3. The maximum absolute atomic E-state index is 5.27. The number of H-pyrrole nitrogens is 1. The van der Waals surface area contributed by atoms with Crippen LogP contribution < -0.4 is 14.8 Å². The monoisotopic (exact) mass is 258 g/mol. The van der Waals surface area contributed by atoms with Crippen LogP contribution in [0.1, 0.15) is 0 Å². The number of methoxy groups -OCH3 is 2. The van der Waals surface area contributed by atoms with E-state index in [4.69, 9.17) is 9.47 Å². The van der Waals surface area contributed by atoms with E-state index < -0.39 is 0 Å². The van der Waals surface area contributed by atoms with Crippen molar-refractivity contribution in [3.8, 4) is 11.5 Å². The molecule has 0 atom stereocenters. The van der Waals surface area contributed by atoms with Crippen molar-refractivity contribution < 1.29 is 9.47 Å². The fourth-order valence-electron chi connectivity index (χ4n) is 1.97. The first kappa shape index (κ1) is 11.5. The molecule has 6 nitrogen and oxygen atoms in total. The molecule has 0 fully saturated rings. The Morgan fingerprint density at radius 2 is 2.05 bits per heavy atom. The van der Waals surface area contributed by atoms with E-state index >= 15 is 0 Å². The Kier molecular flexibility index (Phi) is 2.75. The third-order valence-electron chi connectivity index (χ3n) is 2.89. The topological polar surface area (TPSA) is 63.6 Å². The predicted molar refractivity (Wildman–Crippen MR) is 72.4 cm³/mol. The molecule has 0 aliphatic carbocycles. The number of hydrogen-bond donors (Lipinski definition) is 2. The van der Waals surface area contributed by atoms with Crippen molar-refractivity contribution in [2.75, 3.05) is 19.5 Å². The van der Waals surface area contributed by atoms with Crippen LogP contribution in [0.25, 0.3) is 5.65 Å². The first-order chi connectivity index (χ1) is 9.31. The van der Waals surface area contributed by atoms with Gasteiger partial charge in [-0.25, -0.2) is 9.50 Å². The molecular formula is C13H14N4O2. The van der Waals surface area contributed by atoms with Gasteiger partial charge < -0.3 is 14.8 Å². The van der Waals surface area contributed by atoms with E-state index in [1.807, 2.05) is 35.1 Å². The summed E-state index contributed by atoms with van der Waals surface area (Å²) >= 11 is 0. The van der Waals surface area contributed by atoms with E-state index in [1.54, 1.807) is 20.4 Å². The van der Waals surface area contributed by atoms with Gasteiger partial charge >= 0.3 is 0 Å². The van der Waals surface area contributed by atoms with Crippen LogP contribution in [-0.2, 0) is 0 Å². The second kappa shape index (κ2) is 4.56. The number of nitrogens with zero attached hydrogens (tertiary/aromatic N) is 2. The van der Waals surface area contributed by atoms with Gasteiger partial charge in [0.15, 0.2) is 17.1 Å². The highest BCUT2D eigenvalue weighted by Gasteiger charge is 2.08. The zero-order valence-corrected chi connectivity index (χ0v) is 10.7. The lowest BCUT2D eigenvalue weighted by Gasteiger charge is -2.10. The van der Waals surface area contributed by atoms with Gasteiger partial charge in [-0.1, -0.05) is 0 Å². The summed E-state index contributed by atoms with van der Waals surface area (Å²) in [7, 11) is 3.23. The van der Waals surface area contributed by atoms with Crippen LogP contribution in [0.5, 0.6) is 11.5 Å². The highest BCUT2D eigenvalue weighted by atomic mass is 16.5. The lowest BCUT2D eigenvalue weighted by Crippen LogP contribution is -1.94. The van der Waals surface area contributed by atoms with Crippen molar-refractivity contribution in [3.05, 3.63) is 36.8 Å². The zero-order chi connectivity index (χ0) is 13.2.